The quantitative estimate of drug-likeness (QED) is 0.543. The molecule has 2 aliphatic rings. The van der Waals surface area contributed by atoms with E-state index in [1.807, 2.05) is 53.7 Å². The molecule has 1 aliphatic heterocycles. The van der Waals surface area contributed by atoms with Crippen molar-refractivity contribution in [3.63, 3.8) is 0 Å². The van der Waals surface area contributed by atoms with Crippen molar-refractivity contribution in [1.29, 1.82) is 5.26 Å². The molecular weight excluding hydrogens is 516 g/mol. The predicted octanol–water partition coefficient (Wildman–Crippen LogP) is 3.54. The molecule has 1 saturated heterocycles. The Morgan fingerprint density at radius 2 is 1.87 bits per heavy atom. The van der Waals surface area contributed by atoms with Gasteiger partial charge in [0.2, 0.25) is 5.91 Å². The summed E-state index contributed by atoms with van der Waals surface area (Å²) in [4.78, 5) is 47.4. The highest BCUT2D eigenvalue weighted by molar-refractivity contribution is 7.16. The van der Waals surface area contributed by atoms with Gasteiger partial charge >= 0.3 is 12.1 Å². The number of fused-ring (bicyclic) bond motifs is 2. The molecule has 0 spiro atoms. The van der Waals surface area contributed by atoms with Gasteiger partial charge in [0.15, 0.2) is 0 Å². The van der Waals surface area contributed by atoms with Crippen molar-refractivity contribution < 1.29 is 19.1 Å². The Morgan fingerprint density at radius 3 is 2.46 bits per heavy atom. The van der Waals surface area contributed by atoms with Gasteiger partial charge in [-0.05, 0) is 79.1 Å². The van der Waals surface area contributed by atoms with E-state index in [4.69, 9.17) is 4.74 Å². The van der Waals surface area contributed by atoms with Gasteiger partial charge in [-0.3, -0.25) is 14.6 Å². The van der Waals surface area contributed by atoms with E-state index >= 15 is 0 Å². The van der Waals surface area contributed by atoms with Crippen LogP contribution in [0.4, 0.5) is 14.6 Å². The maximum atomic E-state index is 13.6. The van der Waals surface area contributed by atoms with E-state index < -0.39 is 11.7 Å². The number of nitriles is 1. The fraction of sp³-hybridized carbons (Fsp3) is 0.714. The number of anilines is 1. The fourth-order valence-electron chi connectivity index (χ4n) is 5.49. The molecule has 0 saturated carbocycles. The zero-order chi connectivity index (χ0) is 29.1. The molecule has 3 atom stereocenters. The number of urea groups is 1. The number of amides is 4. The molecule has 0 aromatic carbocycles. The summed E-state index contributed by atoms with van der Waals surface area (Å²) in [5.74, 6) is -0.254. The van der Waals surface area contributed by atoms with Gasteiger partial charge in [0, 0.05) is 44.1 Å². The van der Waals surface area contributed by atoms with Crippen LogP contribution in [0.3, 0.4) is 0 Å². The number of carbonyl (C=O) groups excluding carboxylic acids is 3. The number of likely N-dealkylation sites (tertiary alicyclic amines) is 1. The van der Waals surface area contributed by atoms with Crippen molar-refractivity contribution in [2.75, 3.05) is 59.3 Å². The van der Waals surface area contributed by atoms with Crippen molar-refractivity contribution in [3.05, 3.63) is 16.0 Å². The van der Waals surface area contributed by atoms with Crippen LogP contribution >= 0.6 is 11.3 Å². The van der Waals surface area contributed by atoms with E-state index in [2.05, 4.69) is 16.3 Å². The standard InChI is InChI=1S/C28H44N6O4S/c1-9-11-34(26(36)30-10-12-31(5)6)24(35)19-13-18-14-20-21(16-29)25(33(8)27(37)38-28(2,3)4)39-23(20)15-22(18)32(7)17-19/h18-19,22H,9-15,17H2,1-8H3,(H,30,36)/t18-,19-,22-/m1/s1. The minimum Gasteiger partial charge on any atom is -0.443 e. The van der Waals surface area contributed by atoms with Gasteiger partial charge in [0.05, 0.1) is 11.5 Å². The van der Waals surface area contributed by atoms with Gasteiger partial charge in [-0.25, -0.2) is 9.59 Å². The Balaban J connectivity index is 1.79. The molecule has 216 valence electrons. The second kappa shape index (κ2) is 12.7. The SMILES string of the molecule is CCCN(C(=O)NCCN(C)C)C(=O)[C@@H]1C[C@@H]2Cc3c(sc(N(C)C(=O)OC(C)(C)C)c3C#N)C[C@H]2N(C)C1. The normalized spacial score (nSPS) is 21.0. The van der Waals surface area contributed by atoms with Crippen molar-refractivity contribution in [1.82, 2.24) is 20.0 Å². The average Bonchev–Trinajstić information content (AvgIpc) is 3.21. The zero-order valence-electron chi connectivity index (χ0n) is 24.7. The van der Waals surface area contributed by atoms with E-state index in [9.17, 15) is 19.6 Å². The second-order valence-electron chi connectivity index (χ2n) is 12.0. The van der Waals surface area contributed by atoms with E-state index in [1.165, 1.54) is 21.1 Å². The van der Waals surface area contributed by atoms with Crippen LogP contribution in [-0.4, -0.2) is 98.7 Å². The number of rotatable bonds is 7. The largest absolute Gasteiger partial charge is 0.443 e. The maximum Gasteiger partial charge on any atom is 0.415 e. The summed E-state index contributed by atoms with van der Waals surface area (Å²) in [6, 6.07) is 2.24. The third-order valence-electron chi connectivity index (χ3n) is 7.37. The highest BCUT2D eigenvalue weighted by Crippen LogP contribution is 2.45. The van der Waals surface area contributed by atoms with Crippen molar-refractivity contribution in [2.45, 2.75) is 65.0 Å². The van der Waals surface area contributed by atoms with Crippen LogP contribution in [0, 0.1) is 23.2 Å². The van der Waals surface area contributed by atoms with Crippen LogP contribution in [0.1, 0.15) is 56.5 Å². The minimum atomic E-state index is -0.636. The van der Waals surface area contributed by atoms with Gasteiger partial charge < -0.3 is 19.9 Å². The lowest BCUT2D eigenvalue weighted by molar-refractivity contribution is -0.136. The molecule has 4 amide bonds. The molecule has 1 aromatic rings. The van der Waals surface area contributed by atoms with Gasteiger partial charge in [0.25, 0.3) is 0 Å². The van der Waals surface area contributed by atoms with Crippen molar-refractivity contribution in [2.24, 2.45) is 11.8 Å². The molecule has 39 heavy (non-hydrogen) atoms. The topological polar surface area (TPSA) is 109 Å². The molecule has 3 rings (SSSR count). The second-order valence-corrected chi connectivity index (χ2v) is 13.1. The van der Waals surface area contributed by atoms with Gasteiger partial charge in [-0.1, -0.05) is 6.92 Å². The monoisotopic (exact) mass is 560 g/mol. The lowest BCUT2D eigenvalue weighted by Crippen LogP contribution is -2.55. The fourth-order valence-corrected chi connectivity index (χ4v) is 6.77. The Bertz CT molecular complexity index is 1100. The highest BCUT2D eigenvalue weighted by Gasteiger charge is 2.43. The van der Waals surface area contributed by atoms with Crippen molar-refractivity contribution in [3.8, 4) is 6.07 Å². The third kappa shape index (κ3) is 7.29. The van der Waals surface area contributed by atoms with E-state index in [-0.39, 0.29) is 29.8 Å². The lowest BCUT2D eigenvalue weighted by atomic mass is 9.74. The van der Waals surface area contributed by atoms with Crippen LogP contribution in [0.15, 0.2) is 0 Å². The number of piperidine rings is 1. The maximum absolute atomic E-state index is 13.6. The van der Waals surface area contributed by atoms with Gasteiger partial charge in [0.1, 0.15) is 16.7 Å². The molecular formula is C28H44N6O4S. The molecule has 10 nitrogen and oxygen atoms in total. The Hall–Kier alpha value is -2.68. The molecule has 0 bridgehead atoms. The van der Waals surface area contributed by atoms with Crippen molar-refractivity contribution >= 4 is 34.4 Å². The Labute approximate surface area is 236 Å². The molecule has 2 heterocycles. The summed E-state index contributed by atoms with van der Waals surface area (Å²) in [6.07, 6.45) is 2.30. The summed E-state index contributed by atoms with van der Waals surface area (Å²) in [7, 11) is 7.56. The van der Waals surface area contributed by atoms with Gasteiger partial charge in [-0.2, -0.15) is 5.26 Å². The molecule has 1 fully saturated rings. The first-order valence-electron chi connectivity index (χ1n) is 13.7. The molecule has 1 N–H and O–H groups in total. The first-order chi connectivity index (χ1) is 18.3. The summed E-state index contributed by atoms with van der Waals surface area (Å²) in [5.41, 5.74) is 0.858. The first-order valence-corrected chi connectivity index (χ1v) is 14.5. The summed E-state index contributed by atoms with van der Waals surface area (Å²) in [5, 5.41) is 13.6. The third-order valence-corrected chi connectivity index (χ3v) is 8.70. The van der Waals surface area contributed by atoms with Crippen LogP contribution in [0.25, 0.3) is 0 Å². The first kappa shape index (κ1) is 30.9. The molecule has 11 heteroatoms. The van der Waals surface area contributed by atoms with Crippen LogP contribution in [0.5, 0.6) is 0 Å². The molecule has 1 aliphatic carbocycles. The van der Waals surface area contributed by atoms with E-state index in [0.717, 1.165) is 16.9 Å². The van der Waals surface area contributed by atoms with E-state index in [1.54, 1.807) is 7.05 Å². The number of carbonyl (C=O) groups is 3. The number of likely N-dealkylation sites (N-methyl/N-ethyl adjacent to an activating group) is 2. The molecule has 1 aromatic heterocycles. The van der Waals surface area contributed by atoms with Crippen LogP contribution in [-0.2, 0) is 22.4 Å². The van der Waals surface area contributed by atoms with Crippen LogP contribution in [0.2, 0.25) is 0 Å². The number of imide groups is 1. The molecule has 0 radical (unpaired) electrons. The minimum absolute atomic E-state index is 0.133. The predicted molar refractivity (Wildman–Crippen MR) is 153 cm³/mol. The van der Waals surface area contributed by atoms with E-state index in [0.29, 0.717) is 56.0 Å². The Morgan fingerprint density at radius 1 is 1.18 bits per heavy atom. The zero-order valence-corrected chi connectivity index (χ0v) is 25.5. The van der Waals surface area contributed by atoms with Gasteiger partial charge in [-0.15, -0.1) is 11.3 Å². The number of hydrogen-bond donors (Lipinski definition) is 1. The number of nitrogens with zero attached hydrogens (tertiary/aromatic N) is 5. The number of ether oxygens (including phenoxy) is 1. The average molecular weight is 561 g/mol. The Kier molecular flexibility index (Phi) is 10.0. The number of thiophene rings is 1. The summed E-state index contributed by atoms with van der Waals surface area (Å²) in [6.45, 7) is 9.56. The molecule has 0 unspecified atom stereocenters. The lowest BCUT2D eigenvalue weighted by Gasteiger charge is -2.45. The number of nitrogens with one attached hydrogen (secondary N) is 1. The smallest absolute Gasteiger partial charge is 0.415 e. The number of hydrogen-bond acceptors (Lipinski definition) is 8. The summed E-state index contributed by atoms with van der Waals surface area (Å²) >= 11 is 1.48. The summed E-state index contributed by atoms with van der Waals surface area (Å²) < 4.78 is 5.53. The highest BCUT2D eigenvalue weighted by atomic mass is 32.1. The van der Waals surface area contributed by atoms with Crippen LogP contribution < -0.4 is 10.2 Å².